The van der Waals surface area contributed by atoms with Crippen molar-refractivity contribution < 1.29 is 30.7 Å². The van der Waals surface area contributed by atoms with E-state index < -0.39 is 23.9 Å². The molecule has 0 aliphatic heterocycles. The number of rotatable bonds is 1. The van der Waals surface area contributed by atoms with Gasteiger partial charge in [0, 0.05) is 0 Å². The quantitative estimate of drug-likeness (QED) is 0.469. The van der Waals surface area contributed by atoms with Crippen LogP contribution in [-0.4, -0.2) is 23.9 Å². The van der Waals surface area contributed by atoms with Gasteiger partial charge in [-0.15, -0.1) is 11.6 Å². The van der Waals surface area contributed by atoms with Crippen molar-refractivity contribution in [3.8, 4) is 0 Å². The van der Waals surface area contributed by atoms with Gasteiger partial charge in [0.25, 0.3) is 0 Å². The molecule has 0 aliphatic carbocycles. The van der Waals surface area contributed by atoms with Gasteiger partial charge in [0.05, 0.1) is 0 Å². The Morgan fingerprint density at radius 2 is 1.17 bits per heavy atom. The van der Waals surface area contributed by atoms with E-state index in [1.165, 1.54) is 0 Å². The maximum atomic E-state index is 11.8. The Hall–Kier alpha value is -0.200. The van der Waals surface area contributed by atoms with Crippen LogP contribution in [0.3, 0.4) is 0 Å². The summed E-state index contributed by atoms with van der Waals surface area (Å²) < 4.78 is 79.7. The Bertz CT molecular complexity index is 128. The SMILES string of the molecule is F[C@H]([C@H](Cl)C(F)(F)F)C(F)(F)F. The summed E-state index contributed by atoms with van der Waals surface area (Å²) in [5.74, 6) is 0. The molecule has 0 unspecified atom stereocenters. The van der Waals surface area contributed by atoms with E-state index in [9.17, 15) is 30.7 Å². The zero-order valence-corrected chi connectivity index (χ0v) is 5.93. The molecule has 0 nitrogen and oxygen atoms in total. The molecule has 0 aromatic carbocycles. The maximum absolute atomic E-state index is 11.8. The van der Waals surface area contributed by atoms with Crippen LogP contribution in [0.2, 0.25) is 0 Å². The maximum Gasteiger partial charge on any atom is 0.421 e. The molecule has 0 rings (SSSR count). The molecule has 0 radical (unpaired) electrons. The highest BCUT2D eigenvalue weighted by molar-refractivity contribution is 6.21. The van der Waals surface area contributed by atoms with Gasteiger partial charge in [-0.05, 0) is 0 Å². The lowest BCUT2D eigenvalue weighted by atomic mass is 10.2. The fourth-order valence-corrected chi connectivity index (χ4v) is 0.475. The monoisotopic (exact) mass is 218 g/mol. The average molecular weight is 218 g/mol. The van der Waals surface area contributed by atoms with Gasteiger partial charge in [0.15, 0.2) is 5.38 Å². The van der Waals surface area contributed by atoms with Crippen molar-refractivity contribution in [2.75, 3.05) is 0 Å². The topological polar surface area (TPSA) is 0 Å². The third-order valence-electron chi connectivity index (χ3n) is 0.882. The van der Waals surface area contributed by atoms with Crippen molar-refractivity contribution in [1.82, 2.24) is 0 Å². The largest absolute Gasteiger partial charge is 0.421 e. The van der Waals surface area contributed by atoms with E-state index >= 15 is 0 Å². The van der Waals surface area contributed by atoms with Crippen LogP contribution in [-0.2, 0) is 0 Å². The van der Waals surface area contributed by atoms with Gasteiger partial charge in [-0.25, -0.2) is 4.39 Å². The summed E-state index contributed by atoms with van der Waals surface area (Å²) in [6.45, 7) is 0. The Morgan fingerprint density at radius 3 is 1.25 bits per heavy atom. The normalized spacial score (nSPS) is 19.0. The van der Waals surface area contributed by atoms with Crippen molar-refractivity contribution in [1.29, 1.82) is 0 Å². The molecule has 0 aromatic heterocycles. The molecule has 0 aliphatic rings. The summed E-state index contributed by atoms with van der Waals surface area (Å²) in [5.41, 5.74) is 0. The molecule has 0 heterocycles. The first-order chi connectivity index (χ1) is 5.07. The molecule has 12 heavy (non-hydrogen) atoms. The number of alkyl halides is 8. The zero-order valence-electron chi connectivity index (χ0n) is 5.18. The fraction of sp³-hybridized carbons (Fsp3) is 1.00. The van der Waals surface area contributed by atoms with Crippen molar-refractivity contribution in [2.24, 2.45) is 0 Å². The van der Waals surface area contributed by atoms with E-state index in [4.69, 9.17) is 0 Å². The van der Waals surface area contributed by atoms with Gasteiger partial charge in [-0.1, -0.05) is 0 Å². The Labute approximate surface area is 67.3 Å². The number of halogens is 8. The molecule has 0 saturated heterocycles. The lowest BCUT2D eigenvalue weighted by Crippen LogP contribution is -2.41. The minimum Gasteiger partial charge on any atom is -0.235 e. The van der Waals surface area contributed by atoms with Gasteiger partial charge >= 0.3 is 12.4 Å². The second-order valence-electron chi connectivity index (χ2n) is 1.89. The molecular weight excluding hydrogens is 216 g/mol. The summed E-state index contributed by atoms with van der Waals surface area (Å²) in [6, 6.07) is 0. The Kier molecular flexibility index (Phi) is 3.22. The minimum atomic E-state index is -5.58. The third kappa shape index (κ3) is 3.04. The van der Waals surface area contributed by atoms with E-state index in [1.807, 2.05) is 0 Å². The highest BCUT2D eigenvalue weighted by Crippen LogP contribution is 2.36. The summed E-state index contributed by atoms with van der Waals surface area (Å²) >= 11 is 4.17. The molecule has 0 saturated carbocycles. The zero-order chi connectivity index (χ0) is 10.2. The second-order valence-corrected chi connectivity index (χ2v) is 2.36. The van der Waals surface area contributed by atoms with Crippen LogP contribution in [0.1, 0.15) is 0 Å². The first-order valence-corrected chi connectivity index (χ1v) is 2.92. The molecule has 74 valence electrons. The fourth-order valence-electron chi connectivity index (χ4n) is 0.332. The van der Waals surface area contributed by atoms with Gasteiger partial charge in [-0.2, -0.15) is 26.3 Å². The highest BCUT2D eigenvalue weighted by atomic mass is 35.5. The molecule has 0 spiro atoms. The van der Waals surface area contributed by atoms with E-state index in [-0.39, 0.29) is 0 Å². The first-order valence-electron chi connectivity index (χ1n) is 2.48. The van der Waals surface area contributed by atoms with E-state index in [0.717, 1.165) is 0 Å². The highest BCUT2D eigenvalue weighted by Gasteiger charge is 2.55. The molecule has 8 heteroatoms. The van der Waals surface area contributed by atoms with Gasteiger partial charge in [-0.3, -0.25) is 0 Å². The van der Waals surface area contributed by atoms with E-state index in [0.29, 0.717) is 0 Å². The third-order valence-corrected chi connectivity index (χ3v) is 1.35. The molecular formula is C4H2ClF7. The molecule has 0 N–H and O–H groups in total. The lowest BCUT2D eigenvalue weighted by molar-refractivity contribution is -0.218. The number of hydrogen-bond acceptors (Lipinski definition) is 0. The van der Waals surface area contributed by atoms with Crippen LogP contribution < -0.4 is 0 Å². The predicted molar refractivity (Wildman–Crippen MR) is 26.6 cm³/mol. The Morgan fingerprint density at radius 1 is 0.833 bits per heavy atom. The second kappa shape index (κ2) is 3.27. The summed E-state index contributed by atoms with van der Waals surface area (Å²) in [7, 11) is 0. The molecule has 0 fully saturated rings. The first kappa shape index (κ1) is 11.8. The molecule has 0 amide bonds. The van der Waals surface area contributed by atoms with Crippen LogP contribution in [0, 0.1) is 0 Å². The average Bonchev–Trinajstić information content (AvgIpc) is 1.80. The molecule has 2 atom stereocenters. The summed E-state index contributed by atoms with van der Waals surface area (Å²) in [6.07, 6.45) is -15.1. The number of hydrogen-bond donors (Lipinski definition) is 0. The summed E-state index contributed by atoms with van der Waals surface area (Å²) in [5, 5.41) is -3.54. The summed E-state index contributed by atoms with van der Waals surface area (Å²) in [4.78, 5) is 0. The van der Waals surface area contributed by atoms with Crippen molar-refractivity contribution >= 4 is 11.6 Å². The molecule has 0 aromatic rings. The van der Waals surface area contributed by atoms with Crippen molar-refractivity contribution in [2.45, 2.75) is 23.9 Å². The minimum absolute atomic E-state index is 3.54. The van der Waals surface area contributed by atoms with Gasteiger partial charge in [0.1, 0.15) is 0 Å². The van der Waals surface area contributed by atoms with Crippen LogP contribution in [0.5, 0.6) is 0 Å². The van der Waals surface area contributed by atoms with E-state index in [2.05, 4.69) is 11.6 Å². The van der Waals surface area contributed by atoms with Crippen LogP contribution in [0.25, 0.3) is 0 Å². The van der Waals surface area contributed by atoms with Crippen molar-refractivity contribution in [3.05, 3.63) is 0 Å². The predicted octanol–water partition coefficient (Wildman–Crippen LogP) is 3.06. The van der Waals surface area contributed by atoms with Crippen LogP contribution in [0.4, 0.5) is 30.7 Å². The lowest BCUT2D eigenvalue weighted by Gasteiger charge is -2.19. The van der Waals surface area contributed by atoms with Crippen LogP contribution >= 0.6 is 11.6 Å². The van der Waals surface area contributed by atoms with Gasteiger partial charge < -0.3 is 0 Å². The van der Waals surface area contributed by atoms with Crippen LogP contribution in [0.15, 0.2) is 0 Å². The standard InChI is InChI=1S/C4H2ClF7/c5-1(3(7,8)9)2(6)4(10,11)12/h1-2H/t1-,2+/m0/s1. The van der Waals surface area contributed by atoms with Crippen molar-refractivity contribution in [3.63, 3.8) is 0 Å². The molecule has 0 bridgehead atoms. The van der Waals surface area contributed by atoms with Gasteiger partial charge in [0.2, 0.25) is 6.17 Å². The smallest absolute Gasteiger partial charge is 0.235 e. The Balaban J connectivity index is 4.41. The van der Waals surface area contributed by atoms with E-state index in [1.54, 1.807) is 0 Å².